The Balaban J connectivity index is 2.29. The van der Waals surface area contributed by atoms with Crippen LogP contribution in [0.1, 0.15) is 16.1 Å². The van der Waals surface area contributed by atoms with Crippen LogP contribution in [0.4, 0.5) is 0 Å². The normalized spacial score (nSPS) is 10.6. The van der Waals surface area contributed by atoms with Gasteiger partial charge in [-0.05, 0) is 30.7 Å². The van der Waals surface area contributed by atoms with Gasteiger partial charge in [0.15, 0.2) is 0 Å². The molecule has 0 saturated heterocycles. The van der Waals surface area contributed by atoms with Crippen LogP contribution < -0.4 is 0 Å². The molecule has 4 heteroatoms. The fourth-order valence-corrected chi connectivity index (χ4v) is 2.55. The van der Waals surface area contributed by atoms with Crippen LogP contribution in [0, 0.1) is 6.92 Å². The van der Waals surface area contributed by atoms with Crippen LogP contribution in [0.5, 0.6) is 0 Å². The molecule has 0 saturated carbocycles. The lowest BCUT2D eigenvalue weighted by Crippen LogP contribution is -2.00. The van der Waals surface area contributed by atoms with Crippen LogP contribution in [-0.4, -0.2) is 15.0 Å². The largest absolute Gasteiger partial charge is 0.274 e. The average molecular weight is 297 g/mol. The third-order valence-electron chi connectivity index (χ3n) is 3.36. The lowest BCUT2D eigenvalue weighted by Gasteiger charge is -2.08. The Labute approximate surface area is 127 Å². The highest BCUT2D eigenvalue weighted by Gasteiger charge is 2.20. The number of carbonyl (C=O) groups excluding carboxylic acids is 1. The first-order valence-corrected chi connectivity index (χ1v) is 6.96. The summed E-state index contributed by atoms with van der Waals surface area (Å²) in [6, 6.07) is 19.6. The van der Waals surface area contributed by atoms with E-state index < -0.39 is 5.24 Å². The number of nitrogens with zero attached hydrogens (tertiary/aromatic N) is 2. The zero-order valence-electron chi connectivity index (χ0n) is 11.5. The molecule has 3 rings (SSSR count). The Morgan fingerprint density at radius 2 is 1.57 bits per heavy atom. The molecule has 0 bridgehead atoms. The van der Waals surface area contributed by atoms with Crippen LogP contribution in [0.15, 0.2) is 60.7 Å². The molecular weight excluding hydrogens is 284 g/mol. The highest BCUT2D eigenvalue weighted by atomic mass is 35.5. The van der Waals surface area contributed by atoms with Crippen LogP contribution in [0.25, 0.3) is 16.9 Å². The van der Waals surface area contributed by atoms with Gasteiger partial charge in [0, 0.05) is 11.1 Å². The number of hydrogen-bond acceptors (Lipinski definition) is 2. The molecule has 0 aliphatic carbocycles. The molecule has 0 aliphatic heterocycles. The highest BCUT2D eigenvalue weighted by Crippen LogP contribution is 2.29. The molecule has 0 N–H and O–H groups in total. The van der Waals surface area contributed by atoms with Gasteiger partial charge in [0.2, 0.25) is 0 Å². The Morgan fingerprint density at radius 3 is 2.14 bits per heavy atom. The molecule has 2 aromatic carbocycles. The molecule has 0 spiro atoms. The SMILES string of the molecule is Cc1c(C(=O)Cl)nn(-c2ccccc2)c1-c1ccccc1. The van der Waals surface area contributed by atoms with Crippen LogP contribution in [-0.2, 0) is 0 Å². The van der Waals surface area contributed by atoms with Gasteiger partial charge in [0.05, 0.1) is 11.4 Å². The molecule has 0 radical (unpaired) electrons. The Hall–Kier alpha value is -2.39. The van der Waals surface area contributed by atoms with Crippen LogP contribution in [0.3, 0.4) is 0 Å². The Bertz CT molecular complexity index is 779. The van der Waals surface area contributed by atoms with E-state index in [2.05, 4.69) is 5.10 Å². The van der Waals surface area contributed by atoms with Gasteiger partial charge in [-0.2, -0.15) is 5.10 Å². The zero-order valence-corrected chi connectivity index (χ0v) is 12.2. The van der Waals surface area contributed by atoms with Crippen molar-refractivity contribution in [1.29, 1.82) is 0 Å². The molecule has 0 amide bonds. The second kappa shape index (κ2) is 5.54. The molecule has 104 valence electrons. The zero-order chi connectivity index (χ0) is 14.8. The van der Waals surface area contributed by atoms with Crippen molar-refractivity contribution in [3.05, 3.63) is 71.9 Å². The number of rotatable bonds is 3. The van der Waals surface area contributed by atoms with E-state index in [1.165, 1.54) is 0 Å². The first kappa shape index (κ1) is 13.6. The van der Waals surface area contributed by atoms with Gasteiger partial charge in [0.25, 0.3) is 5.24 Å². The van der Waals surface area contributed by atoms with Crippen molar-refractivity contribution < 1.29 is 4.79 Å². The average Bonchev–Trinajstić information content (AvgIpc) is 2.87. The number of aromatic nitrogens is 2. The predicted octanol–water partition coefficient (Wildman–Crippen LogP) is 4.23. The third-order valence-corrected chi connectivity index (χ3v) is 3.54. The summed E-state index contributed by atoms with van der Waals surface area (Å²) < 4.78 is 1.76. The Morgan fingerprint density at radius 1 is 1.00 bits per heavy atom. The molecule has 1 aromatic heterocycles. The summed E-state index contributed by atoms with van der Waals surface area (Å²) in [6.07, 6.45) is 0. The lowest BCUT2D eigenvalue weighted by atomic mass is 10.1. The van der Waals surface area contributed by atoms with Crippen molar-refractivity contribution in [2.75, 3.05) is 0 Å². The van der Waals surface area contributed by atoms with Crippen molar-refractivity contribution in [2.45, 2.75) is 6.92 Å². The minimum absolute atomic E-state index is 0.291. The van der Waals surface area contributed by atoms with Crippen molar-refractivity contribution in [2.24, 2.45) is 0 Å². The molecule has 0 aliphatic rings. The van der Waals surface area contributed by atoms with Gasteiger partial charge in [-0.15, -0.1) is 0 Å². The number of halogens is 1. The maximum atomic E-state index is 11.6. The van der Waals surface area contributed by atoms with E-state index in [9.17, 15) is 4.79 Å². The monoisotopic (exact) mass is 296 g/mol. The second-order valence-electron chi connectivity index (χ2n) is 4.71. The van der Waals surface area contributed by atoms with Crippen molar-refractivity contribution in [3.8, 4) is 16.9 Å². The van der Waals surface area contributed by atoms with Crippen molar-refractivity contribution in [1.82, 2.24) is 9.78 Å². The summed E-state index contributed by atoms with van der Waals surface area (Å²) in [7, 11) is 0. The van der Waals surface area contributed by atoms with Gasteiger partial charge in [0.1, 0.15) is 5.69 Å². The van der Waals surface area contributed by atoms with Gasteiger partial charge in [-0.25, -0.2) is 4.68 Å². The number of hydrogen-bond donors (Lipinski definition) is 0. The van der Waals surface area contributed by atoms with E-state index in [1.807, 2.05) is 67.6 Å². The summed E-state index contributed by atoms with van der Waals surface area (Å²) in [5, 5.41) is 3.85. The standard InChI is InChI=1S/C17H13ClN2O/c1-12-15(17(18)21)19-20(14-10-6-3-7-11-14)16(12)13-8-4-2-5-9-13/h2-11H,1H3. The maximum Gasteiger partial charge on any atom is 0.273 e. The molecule has 3 nitrogen and oxygen atoms in total. The van der Waals surface area contributed by atoms with Gasteiger partial charge in [-0.1, -0.05) is 48.5 Å². The van der Waals surface area contributed by atoms with E-state index >= 15 is 0 Å². The molecule has 0 fully saturated rings. The minimum Gasteiger partial charge on any atom is -0.274 e. The van der Waals surface area contributed by atoms with E-state index in [1.54, 1.807) is 4.68 Å². The number of para-hydroxylation sites is 1. The summed E-state index contributed by atoms with van der Waals surface area (Å²) in [6.45, 7) is 1.87. The fourth-order valence-electron chi connectivity index (χ4n) is 2.37. The topological polar surface area (TPSA) is 34.9 Å². The number of benzene rings is 2. The minimum atomic E-state index is -0.542. The van der Waals surface area contributed by atoms with Gasteiger partial charge in [-0.3, -0.25) is 4.79 Å². The van der Waals surface area contributed by atoms with Crippen LogP contribution in [0.2, 0.25) is 0 Å². The van der Waals surface area contributed by atoms with Gasteiger partial charge >= 0.3 is 0 Å². The van der Waals surface area contributed by atoms with E-state index in [4.69, 9.17) is 11.6 Å². The molecule has 0 atom stereocenters. The molecule has 21 heavy (non-hydrogen) atoms. The molecular formula is C17H13ClN2O. The van der Waals surface area contributed by atoms with Crippen LogP contribution >= 0.6 is 11.6 Å². The predicted molar refractivity (Wildman–Crippen MR) is 83.9 cm³/mol. The second-order valence-corrected chi connectivity index (χ2v) is 5.05. The summed E-state index contributed by atoms with van der Waals surface area (Å²) in [5.74, 6) is 0. The summed E-state index contributed by atoms with van der Waals surface area (Å²) in [4.78, 5) is 11.6. The molecule has 0 unspecified atom stereocenters. The quantitative estimate of drug-likeness (QED) is 0.678. The lowest BCUT2D eigenvalue weighted by molar-refractivity contribution is 0.107. The summed E-state index contributed by atoms with van der Waals surface area (Å²) >= 11 is 5.65. The van der Waals surface area contributed by atoms with Crippen molar-refractivity contribution >= 4 is 16.8 Å². The van der Waals surface area contributed by atoms with Crippen molar-refractivity contribution in [3.63, 3.8) is 0 Å². The summed E-state index contributed by atoms with van der Waals surface area (Å²) in [5.41, 5.74) is 3.84. The van der Waals surface area contributed by atoms with E-state index in [-0.39, 0.29) is 0 Å². The Kier molecular flexibility index (Phi) is 3.59. The first-order valence-electron chi connectivity index (χ1n) is 6.59. The number of carbonyl (C=O) groups is 1. The van der Waals surface area contributed by atoms with E-state index in [0.29, 0.717) is 5.69 Å². The van der Waals surface area contributed by atoms with Gasteiger partial charge < -0.3 is 0 Å². The highest BCUT2D eigenvalue weighted by molar-refractivity contribution is 6.67. The fraction of sp³-hybridized carbons (Fsp3) is 0.0588. The smallest absolute Gasteiger partial charge is 0.273 e. The third kappa shape index (κ3) is 2.48. The maximum absolute atomic E-state index is 11.6. The molecule has 1 heterocycles. The van der Waals surface area contributed by atoms with E-state index in [0.717, 1.165) is 22.5 Å². The molecule has 3 aromatic rings. The first-order chi connectivity index (χ1) is 10.2.